The lowest BCUT2D eigenvalue weighted by molar-refractivity contribution is -0.118. The van der Waals surface area contributed by atoms with Gasteiger partial charge in [-0.25, -0.2) is 0 Å². The van der Waals surface area contributed by atoms with Gasteiger partial charge in [0.2, 0.25) is 5.91 Å². The van der Waals surface area contributed by atoms with E-state index in [9.17, 15) is 9.90 Å². The summed E-state index contributed by atoms with van der Waals surface area (Å²) in [6.45, 7) is 9.84. The molecule has 1 heterocycles. The van der Waals surface area contributed by atoms with Crippen LogP contribution in [0.2, 0.25) is 0 Å². The molecular formula is C27H38N2O4. The second kappa shape index (κ2) is 12.1. The van der Waals surface area contributed by atoms with E-state index in [0.29, 0.717) is 26.2 Å². The molecule has 2 aromatic carbocycles. The van der Waals surface area contributed by atoms with Crippen molar-refractivity contribution in [3.8, 4) is 11.5 Å². The van der Waals surface area contributed by atoms with Crippen LogP contribution in [0.1, 0.15) is 49.3 Å². The average molecular weight is 455 g/mol. The SMILES string of the molecule is CC(=O)NCCCOc1ccc(CN2CCCC(O)(COc3ccc(C)cc3C)CC2)cc1. The summed E-state index contributed by atoms with van der Waals surface area (Å²) in [7, 11) is 0. The first-order chi connectivity index (χ1) is 15.8. The first-order valence-corrected chi connectivity index (χ1v) is 11.9. The van der Waals surface area contributed by atoms with E-state index >= 15 is 0 Å². The Labute approximate surface area is 197 Å². The molecule has 1 saturated heterocycles. The molecule has 6 nitrogen and oxygen atoms in total. The minimum absolute atomic E-state index is 0.0137. The van der Waals surface area contributed by atoms with Crippen molar-refractivity contribution in [2.75, 3.05) is 32.8 Å². The summed E-state index contributed by atoms with van der Waals surface area (Å²) in [5, 5.41) is 13.9. The molecule has 0 spiro atoms. The van der Waals surface area contributed by atoms with Crippen LogP contribution in [0.15, 0.2) is 42.5 Å². The Morgan fingerprint density at radius 3 is 2.61 bits per heavy atom. The van der Waals surface area contributed by atoms with Gasteiger partial charge in [0.1, 0.15) is 18.1 Å². The lowest BCUT2D eigenvalue weighted by Crippen LogP contribution is -2.37. The Bertz CT molecular complexity index is 899. The van der Waals surface area contributed by atoms with Crippen LogP contribution >= 0.6 is 0 Å². The quantitative estimate of drug-likeness (QED) is 0.531. The number of likely N-dealkylation sites (tertiary alicyclic amines) is 1. The third-order valence-corrected chi connectivity index (χ3v) is 6.13. The van der Waals surface area contributed by atoms with Crippen molar-refractivity contribution in [2.45, 2.75) is 58.6 Å². The number of hydrogen-bond acceptors (Lipinski definition) is 5. The zero-order valence-corrected chi connectivity index (χ0v) is 20.2. The lowest BCUT2D eigenvalue weighted by atomic mass is 9.96. The number of aryl methyl sites for hydroxylation is 2. The molecule has 0 saturated carbocycles. The van der Waals surface area contributed by atoms with E-state index in [2.05, 4.69) is 35.3 Å². The van der Waals surface area contributed by atoms with E-state index in [1.165, 1.54) is 18.1 Å². The van der Waals surface area contributed by atoms with Gasteiger partial charge in [-0.1, -0.05) is 29.8 Å². The molecule has 0 aromatic heterocycles. The molecule has 1 atom stereocenters. The number of rotatable bonds is 10. The number of benzene rings is 2. The van der Waals surface area contributed by atoms with Crippen LogP contribution in [0.25, 0.3) is 0 Å². The highest BCUT2D eigenvalue weighted by atomic mass is 16.5. The third kappa shape index (κ3) is 8.37. The summed E-state index contributed by atoms with van der Waals surface area (Å²) in [6, 6.07) is 14.3. The van der Waals surface area contributed by atoms with Crippen molar-refractivity contribution in [3.63, 3.8) is 0 Å². The first-order valence-electron chi connectivity index (χ1n) is 11.9. The molecule has 2 N–H and O–H groups in total. The molecular weight excluding hydrogens is 416 g/mol. The fourth-order valence-corrected chi connectivity index (χ4v) is 4.19. The number of hydrogen-bond donors (Lipinski definition) is 2. The Balaban J connectivity index is 1.43. The molecule has 1 aliphatic heterocycles. The van der Waals surface area contributed by atoms with Crippen molar-refractivity contribution in [1.29, 1.82) is 0 Å². The van der Waals surface area contributed by atoms with E-state index in [0.717, 1.165) is 56.0 Å². The average Bonchev–Trinajstić information content (AvgIpc) is 2.95. The highest BCUT2D eigenvalue weighted by Crippen LogP contribution is 2.26. The van der Waals surface area contributed by atoms with Gasteiger partial charge in [-0.2, -0.15) is 0 Å². The zero-order valence-electron chi connectivity index (χ0n) is 20.2. The predicted octanol–water partition coefficient (Wildman–Crippen LogP) is 4.00. The van der Waals surface area contributed by atoms with E-state index in [-0.39, 0.29) is 5.91 Å². The van der Waals surface area contributed by atoms with Crippen LogP contribution in [-0.2, 0) is 11.3 Å². The summed E-state index contributed by atoms with van der Waals surface area (Å²) in [6.07, 6.45) is 3.18. The molecule has 1 unspecified atom stereocenters. The lowest BCUT2D eigenvalue weighted by Gasteiger charge is -2.27. The van der Waals surface area contributed by atoms with Gasteiger partial charge in [0.05, 0.1) is 12.2 Å². The maximum absolute atomic E-state index is 11.1. The van der Waals surface area contributed by atoms with Crippen LogP contribution in [0, 0.1) is 13.8 Å². The largest absolute Gasteiger partial charge is 0.494 e. The maximum Gasteiger partial charge on any atom is 0.216 e. The summed E-state index contributed by atoms with van der Waals surface area (Å²) in [5.74, 6) is 1.68. The Kier molecular flexibility index (Phi) is 9.15. The van der Waals surface area contributed by atoms with Gasteiger partial charge in [0.25, 0.3) is 0 Å². The van der Waals surface area contributed by atoms with Crippen LogP contribution in [0.4, 0.5) is 0 Å². The highest BCUT2D eigenvalue weighted by Gasteiger charge is 2.31. The smallest absolute Gasteiger partial charge is 0.216 e. The molecule has 1 aliphatic rings. The van der Waals surface area contributed by atoms with E-state index in [1.54, 1.807) is 0 Å². The normalized spacial score (nSPS) is 19.0. The second-order valence-corrected chi connectivity index (χ2v) is 9.24. The van der Waals surface area contributed by atoms with E-state index < -0.39 is 5.60 Å². The predicted molar refractivity (Wildman–Crippen MR) is 131 cm³/mol. The molecule has 0 bridgehead atoms. The standard InChI is InChI=1S/C27H38N2O4/c1-21-6-11-26(22(2)18-21)33-20-27(31)12-4-15-29(16-13-27)19-24-7-9-25(10-8-24)32-17-5-14-28-23(3)30/h6-11,18,31H,4-5,12-17,19-20H2,1-3H3,(H,28,30). The number of aliphatic hydroxyl groups is 1. The van der Waals surface area contributed by atoms with E-state index in [1.807, 2.05) is 31.2 Å². The van der Waals surface area contributed by atoms with Crippen LogP contribution in [0.5, 0.6) is 11.5 Å². The van der Waals surface area contributed by atoms with Crippen LogP contribution < -0.4 is 14.8 Å². The van der Waals surface area contributed by atoms with Gasteiger partial charge in [0, 0.05) is 26.6 Å². The van der Waals surface area contributed by atoms with E-state index in [4.69, 9.17) is 9.47 Å². The minimum atomic E-state index is -0.791. The summed E-state index contributed by atoms with van der Waals surface area (Å²) in [4.78, 5) is 13.3. The number of nitrogens with zero attached hydrogens (tertiary/aromatic N) is 1. The molecule has 3 rings (SSSR count). The maximum atomic E-state index is 11.1. The Morgan fingerprint density at radius 2 is 1.88 bits per heavy atom. The highest BCUT2D eigenvalue weighted by molar-refractivity contribution is 5.72. The van der Waals surface area contributed by atoms with Gasteiger partial charge in [-0.15, -0.1) is 0 Å². The molecule has 0 radical (unpaired) electrons. The summed E-state index contributed by atoms with van der Waals surface area (Å²) < 4.78 is 11.8. The molecule has 1 fully saturated rings. The summed E-state index contributed by atoms with van der Waals surface area (Å²) >= 11 is 0. The number of nitrogens with one attached hydrogen (secondary N) is 1. The van der Waals surface area contributed by atoms with Crippen molar-refractivity contribution in [3.05, 3.63) is 59.2 Å². The van der Waals surface area contributed by atoms with Crippen LogP contribution in [0.3, 0.4) is 0 Å². The fraction of sp³-hybridized carbons (Fsp3) is 0.519. The van der Waals surface area contributed by atoms with Gasteiger partial charge in [0.15, 0.2) is 0 Å². The molecule has 1 amide bonds. The number of amides is 1. The fourth-order valence-electron chi connectivity index (χ4n) is 4.19. The topological polar surface area (TPSA) is 71.0 Å². The number of carbonyl (C=O) groups is 1. The van der Waals surface area contributed by atoms with Gasteiger partial charge in [-0.3, -0.25) is 9.69 Å². The van der Waals surface area contributed by atoms with Crippen molar-refractivity contribution >= 4 is 5.91 Å². The van der Waals surface area contributed by atoms with Crippen molar-refractivity contribution in [2.24, 2.45) is 0 Å². The van der Waals surface area contributed by atoms with Crippen molar-refractivity contribution < 1.29 is 19.4 Å². The minimum Gasteiger partial charge on any atom is -0.494 e. The second-order valence-electron chi connectivity index (χ2n) is 9.24. The van der Waals surface area contributed by atoms with Gasteiger partial charge in [-0.05, 0) is 75.4 Å². The Morgan fingerprint density at radius 1 is 1.09 bits per heavy atom. The number of carbonyl (C=O) groups excluding carboxylic acids is 1. The van der Waals surface area contributed by atoms with Crippen LogP contribution in [-0.4, -0.2) is 54.4 Å². The number of ether oxygens (including phenoxy) is 2. The molecule has 2 aromatic rings. The first kappa shape index (κ1) is 25.1. The molecule has 0 aliphatic carbocycles. The van der Waals surface area contributed by atoms with Gasteiger partial charge < -0.3 is 19.9 Å². The summed E-state index contributed by atoms with van der Waals surface area (Å²) in [5.41, 5.74) is 2.76. The van der Waals surface area contributed by atoms with Gasteiger partial charge >= 0.3 is 0 Å². The molecule has 6 heteroatoms. The van der Waals surface area contributed by atoms with Crippen molar-refractivity contribution in [1.82, 2.24) is 10.2 Å². The monoisotopic (exact) mass is 454 g/mol. The molecule has 180 valence electrons. The Hall–Kier alpha value is -2.57. The molecule has 33 heavy (non-hydrogen) atoms. The zero-order chi connectivity index (χ0) is 23.7. The third-order valence-electron chi connectivity index (χ3n) is 6.13.